The number of hydrogen-bond acceptors (Lipinski definition) is 3. The topological polar surface area (TPSA) is 92.0 Å². The fourth-order valence-corrected chi connectivity index (χ4v) is 4.07. The van der Waals surface area contributed by atoms with Crippen LogP contribution in [0.1, 0.15) is 50.1 Å². The third-order valence-corrected chi connectivity index (χ3v) is 5.07. The van der Waals surface area contributed by atoms with Crippen LogP contribution in [-0.2, 0) is 15.6 Å². The lowest BCUT2D eigenvalue weighted by molar-refractivity contribution is -0.123. The van der Waals surface area contributed by atoms with E-state index in [1.807, 2.05) is 63.4 Å². The Morgan fingerprint density at radius 2 is 1.96 bits per heavy atom. The number of para-hydroxylation sites is 1. The van der Waals surface area contributed by atoms with E-state index >= 15 is 0 Å². The molecule has 124 valence electrons. The first-order valence-corrected chi connectivity index (χ1v) is 7.91. The van der Waals surface area contributed by atoms with Crippen molar-refractivity contribution in [2.45, 2.75) is 44.1 Å². The normalized spacial score (nSPS) is 22.6. The van der Waals surface area contributed by atoms with Crippen LogP contribution in [0.4, 0.5) is 0 Å². The van der Waals surface area contributed by atoms with E-state index in [2.05, 4.69) is 0 Å². The van der Waals surface area contributed by atoms with Gasteiger partial charge in [-0.15, -0.1) is 0 Å². The number of nitriles is 1. The predicted octanol–water partition coefficient (Wildman–Crippen LogP) is 2.46. The number of nitrogens with two attached hydrogens (primary N) is 1. The predicted molar refractivity (Wildman–Crippen MR) is 90.5 cm³/mol. The number of hydrogen-bond donors (Lipinski definition) is 2. The Balaban J connectivity index is 2.36. The number of fused-ring (bicyclic) bond motifs is 1. The molecule has 1 aliphatic carbocycles. The van der Waals surface area contributed by atoms with E-state index in [0.29, 0.717) is 12.1 Å². The van der Waals surface area contributed by atoms with Gasteiger partial charge in [0.05, 0.1) is 11.1 Å². The summed E-state index contributed by atoms with van der Waals surface area (Å²) < 4.78 is 1.81. The molecule has 2 unspecified atom stereocenters. The van der Waals surface area contributed by atoms with Gasteiger partial charge in [-0.3, -0.25) is 4.79 Å². The molecule has 3 rings (SSSR count). The lowest BCUT2D eigenvalue weighted by Gasteiger charge is -2.26. The average molecular weight is 323 g/mol. The molecule has 0 saturated heterocycles. The smallest absolute Gasteiger partial charge is 0.227 e. The highest BCUT2D eigenvalue weighted by Gasteiger charge is 2.52. The molecule has 2 atom stereocenters. The largest absolute Gasteiger partial charge is 0.373 e. The molecular weight excluding hydrogens is 302 g/mol. The zero-order valence-electron chi connectivity index (χ0n) is 14.1. The number of aliphatic hydroxyl groups excluding tert-OH is 1. The summed E-state index contributed by atoms with van der Waals surface area (Å²) in [5.74, 6) is -0.391. The second kappa shape index (κ2) is 5.22. The van der Waals surface area contributed by atoms with Crippen molar-refractivity contribution in [2.75, 3.05) is 0 Å². The van der Waals surface area contributed by atoms with Gasteiger partial charge in [-0.05, 0) is 42.0 Å². The minimum atomic E-state index is -1.27. The maximum atomic E-state index is 12.2. The summed E-state index contributed by atoms with van der Waals surface area (Å²) in [7, 11) is 0. The quantitative estimate of drug-likeness (QED) is 0.850. The lowest BCUT2D eigenvalue weighted by Crippen LogP contribution is -2.37. The molecule has 5 heteroatoms. The molecule has 0 saturated carbocycles. The number of carbonyl (C=O) groups is 1. The molecule has 1 amide bonds. The molecule has 0 bridgehead atoms. The minimum Gasteiger partial charge on any atom is -0.373 e. The van der Waals surface area contributed by atoms with Crippen LogP contribution < -0.4 is 5.73 Å². The summed E-state index contributed by atoms with van der Waals surface area (Å²) in [5, 5.41) is 19.7. The first-order chi connectivity index (χ1) is 11.2. The van der Waals surface area contributed by atoms with Crippen LogP contribution in [-0.4, -0.2) is 15.6 Å². The Morgan fingerprint density at radius 1 is 1.33 bits per heavy atom. The number of amides is 1. The van der Waals surface area contributed by atoms with Crippen molar-refractivity contribution in [3.05, 3.63) is 53.3 Å². The fraction of sp³-hybridized carbons (Fsp3) is 0.368. The van der Waals surface area contributed by atoms with Crippen LogP contribution in [0.25, 0.3) is 5.69 Å². The van der Waals surface area contributed by atoms with E-state index in [1.54, 1.807) is 4.57 Å². The molecule has 3 N–H and O–H groups in total. The van der Waals surface area contributed by atoms with Crippen LogP contribution in [0.5, 0.6) is 0 Å². The van der Waals surface area contributed by atoms with E-state index in [1.165, 1.54) is 0 Å². The second-order valence-corrected chi connectivity index (χ2v) is 7.30. The summed E-state index contributed by atoms with van der Waals surface area (Å²) >= 11 is 0. The highest BCUT2D eigenvalue weighted by molar-refractivity contribution is 5.88. The molecule has 0 radical (unpaired) electrons. The van der Waals surface area contributed by atoms with Gasteiger partial charge in [0.2, 0.25) is 5.91 Å². The Bertz CT molecular complexity index is 845. The molecule has 5 nitrogen and oxygen atoms in total. The van der Waals surface area contributed by atoms with Crippen molar-refractivity contribution in [1.82, 2.24) is 4.57 Å². The fourth-order valence-electron chi connectivity index (χ4n) is 4.07. The van der Waals surface area contributed by atoms with Gasteiger partial charge in [-0.2, -0.15) is 5.26 Å². The Labute approximate surface area is 141 Å². The summed E-state index contributed by atoms with van der Waals surface area (Å²) in [6, 6.07) is 11.4. The minimum absolute atomic E-state index is 0.369. The molecule has 1 aromatic heterocycles. The molecule has 1 aromatic carbocycles. The van der Waals surface area contributed by atoms with Crippen molar-refractivity contribution in [2.24, 2.45) is 5.73 Å². The van der Waals surface area contributed by atoms with Crippen molar-refractivity contribution >= 4 is 5.91 Å². The van der Waals surface area contributed by atoms with Crippen LogP contribution in [0.3, 0.4) is 0 Å². The molecule has 0 fully saturated rings. The van der Waals surface area contributed by atoms with E-state index in [0.717, 1.165) is 16.8 Å². The maximum Gasteiger partial charge on any atom is 0.227 e. The van der Waals surface area contributed by atoms with E-state index in [9.17, 15) is 15.2 Å². The number of carbonyl (C=O) groups excluding carboxylic acids is 1. The second-order valence-electron chi connectivity index (χ2n) is 7.30. The third-order valence-electron chi connectivity index (χ3n) is 5.07. The first-order valence-electron chi connectivity index (χ1n) is 7.91. The zero-order valence-corrected chi connectivity index (χ0v) is 14.1. The van der Waals surface area contributed by atoms with Gasteiger partial charge >= 0.3 is 0 Å². The summed E-state index contributed by atoms with van der Waals surface area (Å²) in [6.45, 7) is 5.87. The molecule has 24 heavy (non-hydrogen) atoms. The standard InChI is InChI=1S/C19H21N3O2/c1-18(2)11-19(3,17(21)24)13-10-22(12-7-5-4-6-8-12)16(15(13)18)14(23)9-20/h4-8,10,14,23H,11H2,1-3H3,(H2,21,24). The van der Waals surface area contributed by atoms with Crippen molar-refractivity contribution in [3.63, 3.8) is 0 Å². The van der Waals surface area contributed by atoms with Crippen LogP contribution >= 0.6 is 0 Å². The lowest BCUT2D eigenvalue weighted by atomic mass is 9.79. The summed E-state index contributed by atoms with van der Waals surface area (Å²) in [6.07, 6.45) is 1.13. The zero-order chi connectivity index (χ0) is 17.7. The monoisotopic (exact) mass is 323 g/mol. The van der Waals surface area contributed by atoms with Gasteiger partial charge in [-0.25, -0.2) is 0 Å². The van der Waals surface area contributed by atoms with E-state index in [4.69, 9.17) is 5.73 Å². The van der Waals surface area contributed by atoms with Crippen molar-refractivity contribution < 1.29 is 9.90 Å². The number of aliphatic hydroxyl groups is 1. The third kappa shape index (κ3) is 2.15. The van der Waals surface area contributed by atoms with Gasteiger partial charge in [0.1, 0.15) is 6.07 Å². The van der Waals surface area contributed by atoms with Crippen molar-refractivity contribution in [3.8, 4) is 11.8 Å². The van der Waals surface area contributed by atoms with Gasteiger partial charge in [0.25, 0.3) is 0 Å². The van der Waals surface area contributed by atoms with Crippen LogP contribution in [0.15, 0.2) is 36.5 Å². The van der Waals surface area contributed by atoms with Gasteiger partial charge < -0.3 is 15.4 Å². The highest BCUT2D eigenvalue weighted by atomic mass is 16.3. The number of benzene rings is 1. The van der Waals surface area contributed by atoms with Gasteiger partial charge in [0, 0.05) is 11.9 Å². The summed E-state index contributed by atoms with van der Waals surface area (Å²) in [5.41, 5.74) is 7.52. The number of rotatable bonds is 3. The van der Waals surface area contributed by atoms with Crippen LogP contribution in [0, 0.1) is 11.3 Å². The Kier molecular flexibility index (Phi) is 3.54. The highest BCUT2D eigenvalue weighted by Crippen LogP contribution is 2.53. The average Bonchev–Trinajstić information content (AvgIpc) is 3.04. The molecule has 2 aromatic rings. The van der Waals surface area contributed by atoms with Gasteiger partial charge in [-0.1, -0.05) is 32.0 Å². The van der Waals surface area contributed by atoms with Gasteiger partial charge in [0.15, 0.2) is 6.10 Å². The molecule has 0 spiro atoms. The Morgan fingerprint density at radius 3 is 2.50 bits per heavy atom. The molecule has 0 aliphatic heterocycles. The molecule has 1 heterocycles. The maximum absolute atomic E-state index is 12.2. The van der Waals surface area contributed by atoms with E-state index in [-0.39, 0.29) is 5.41 Å². The number of aromatic nitrogens is 1. The van der Waals surface area contributed by atoms with E-state index < -0.39 is 17.4 Å². The molecular formula is C19H21N3O2. The number of nitrogens with zero attached hydrogens (tertiary/aromatic N) is 2. The first kappa shape index (κ1) is 16.3. The Hall–Kier alpha value is -2.58. The van der Waals surface area contributed by atoms with Crippen molar-refractivity contribution in [1.29, 1.82) is 5.26 Å². The SMILES string of the molecule is CC1(C)CC(C)(C(N)=O)c2cn(-c3ccccc3)c(C(O)C#N)c21. The number of primary amides is 1. The summed E-state index contributed by atoms with van der Waals surface area (Å²) in [4.78, 5) is 12.2. The molecule has 1 aliphatic rings. The van der Waals surface area contributed by atoms with Crippen LogP contribution in [0.2, 0.25) is 0 Å².